The third-order valence-electron chi connectivity index (χ3n) is 3.22. The minimum Gasteiger partial charge on any atom is -0.490 e. The molecule has 1 heterocycles. The molecule has 0 atom stereocenters. The maximum Gasteiger partial charge on any atom is 0.387 e. The largest absolute Gasteiger partial charge is 0.490 e. The van der Waals surface area contributed by atoms with E-state index in [9.17, 15) is 13.6 Å². The van der Waals surface area contributed by atoms with Gasteiger partial charge in [-0.3, -0.25) is 9.48 Å². The van der Waals surface area contributed by atoms with Crippen molar-refractivity contribution in [3.05, 3.63) is 41.7 Å². The Balaban J connectivity index is 2.17. The molecule has 1 amide bonds. The quantitative estimate of drug-likeness (QED) is 0.778. The van der Waals surface area contributed by atoms with Crippen LogP contribution in [0.2, 0.25) is 0 Å². The monoisotopic (exact) mass is 339 g/mol. The molecule has 0 aliphatic heterocycles. The zero-order valence-corrected chi connectivity index (χ0v) is 13.7. The fraction of sp³-hybridized carbons (Fsp3) is 0.375. The molecule has 0 saturated carbocycles. The average molecular weight is 339 g/mol. The second-order valence-electron chi connectivity index (χ2n) is 5.11. The van der Waals surface area contributed by atoms with E-state index in [1.54, 1.807) is 31.9 Å². The fourth-order valence-electron chi connectivity index (χ4n) is 2.19. The summed E-state index contributed by atoms with van der Waals surface area (Å²) < 4.78 is 36.2. The lowest BCUT2D eigenvalue weighted by Crippen LogP contribution is -2.26. The van der Waals surface area contributed by atoms with E-state index in [4.69, 9.17) is 4.74 Å². The molecular formula is C16H19F2N3O3. The smallest absolute Gasteiger partial charge is 0.387 e. The number of aryl methyl sites for hydroxylation is 1. The lowest BCUT2D eigenvalue weighted by atomic mass is 10.1. The van der Waals surface area contributed by atoms with Gasteiger partial charge in [0.2, 0.25) is 0 Å². The average Bonchev–Trinajstić information content (AvgIpc) is 2.93. The predicted octanol–water partition coefficient (Wildman–Crippen LogP) is 2.69. The number of benzene rings is 1. The molecule has 0 saturated heterocycles. The molecule has 6 nitrogen and oxygen atoms in total. The van der Waals surface area contributed by atoms with Crippen molar-refractivity contribution < 1.29 is 23.0 Å². The maximum atomic E-state index is 12.5. The highest BCUT2D eigenvalue weighted by atomic mass is 19.3. The Morgan fingerprint density at radius 1 is 1.33 bits per heavy atom. The third-order valence-corrected chi connectivity index (χ3v) is 3.22. The molecule has 0 spiro atoms. The Morgan fingerprint density at radius 2 is 2.08 bits per heavy atom. The van der Waals surface area contributed by atoms with Crippen LogP contribution in [-0.2, 0) is 13.6 Å². The number of carbonyl (C=O) groups is 1. The van der Waals surface area contributed by atoms with Gasteiger partial charge in [0.1, 0.15) is 0 Å². The van der Waals surface area contributed by atoms with E-state index in [2.05, 4.69) is 9.84 Å². The summed E-state index contributed by atoms with van der Waals surface area (Å²) in [4.78, 5) is 14.0. The van der Waals surface area contributed by atoms with Crippen molar-refractivity contribution in [3.8, 4) is 11.5 Å². The number of amides is 1. The maximum absolute atomic E-state index is 12.5. The zero-order chi connectivity index (χ0) is 17.7. The van der Waals surface area contributed by atoms with Crippen molar-refractivity contribution in [2.75, 3.05) is 13.7 Å². The molecule has 2 rings (SSSR count). The Bertz CT molecular complexity index is 704. The molecule has 1 aromatic carbocycles. The molecular weight excluding hydrogens is 320 g/mol. The Kier molecular flexibility index (Phi) is 5.73. The van der Waals surface area contributed by atoms with Crippen molar-refractivity contribution >= 4 is 5.91 Å². The van der Waals surface area contributed by atoms with Crippen LogP contribution in [0.1, 0.15) is 23.0 Å². The van der Waals surface area contributed by atoms with Gasteiger partial charge in [-0.15, -0.1) is 0 Å². The van der Waals surface area contributed by atoms with E-state index in [0.29, 0.717) is 12.1 Å². The van der Waals surface area contributed by atoms with E-state index in [1.807, 2.05) is 6.07 Å². The molecule has 0 N–H and O–H groups in total. The summed E-state index contributed by atoms with van der Waals surface area (Å²) in [7, 11) is 3.43. The van der Waals surface area contributed by atoms with Gasteiger partial charge in [0.05, 0.1) is 18.8 Å². The van der Waals surface area contributed by atoms with Crippen LogP contribution in [-0.4, -0.2) is 40.9 Å². The number of ether oxygens (including phenoxy) is 2. The summed E-state index contributed by atoms with van der Waals surface area (Å²) >= 11 is 0. The van der Waals surface area contributed by atoms with Gasteiger partial charge in [-0.05, 0) is 31.2 Å². The van der Waals surface area contributed by atoms with Crippen LogP contribution in [0, 0.1) is 0 Å². The van der Waals surface area contributed by atoms with Crippen molar-refractivity contribution in [2.45, 2.75) is 20.1 Å². The second kappa shape index (κ2) is 7.76. The first-order valence-electron chi connectivity index (χ1n) is 7.36. The van der Waals surface area contributed by atoms with Gasteiger partial charge in [-0.2, -0.15) is 13.9 Å². The number of nitrogens with zero attached hydrogens (tertiary/aromatic N) is 3. The summed E-state index contributed by atoms with van der Waals surface area (Å²) in [5.41, 5.74) is 1.06. The minimum absolute atomic E-state index is 0.101. The number of hydrogen-bond donors (Lipinski definition) is 0. The lowest BCUT2D eigenvalue weighted by Gasteiger charge is -2.17. The molecule has 130 valence electrons. The number of rotatable bonds is 7. The second-order valence-corrected chi connectivity index (χ2v) is 5.11. The molecule has 0 radical (unpaired) electrons. The summed E-state index contributed by atoms with van der Waals surface area (Å²) in [6, 6.07) is 5.95. The van der Waals surface area contributed by atoms with Gasteiger partial charge >= 0.3 is 6.61 Å². The van der Waals surface area contributed by atoms with Gasteiger partial charge < -0.3 is 14.4 Å². The van der Waals surface area contributed by atoms with E-state index in [1.165, 1.54) is 23.1 Å². The van der Waals surface area contributed by atoms with Crippen LogP contribution >= 0.6 is 0 Å². The molecule has 1 aromatic heterocycles. The third kappa shape index (κ3) is 4.43. The van der Waals surface area contributed by atoms with Gasteiger partial charge in [0, 0.05) is 25.9 Å². The van der Waals surface area contributed by atoms with Crippen molar-refractivity contribution in [1.29, 1.82) is 0 Å². The van der Waals surface area contributed by atoms with E-state index in [-0.39, 0.29) is 24.0 Å². The molecule has 0 unspecified atom stereocenters. The predicted molar refractivity (Wildman–Crippen MR) is 83.2 cm³/mol. The lowest BCUT2D eigenvalue weighted by molar-refractivity contribution is -0.0514. The number of halogens is 2. The van der Waals surface area contributed by atoms with Crippen LogP contribution < -0.4 is 9.47 Å². The zero-order valence-electron chi connectivity index (χ0n) is 13.7. The van der Waals surface area contributed by atoms with Crippen molar-refractivity contribution in [3.63, 3.8) is 0 Å². The topological polar surface area (TPSA) is 56.6 Å². The first-order valence-corrected chi connectivity index (χ1v) is 7.36. The number of carbonyl (C=O) groups excluding carboxylic acids is 1. The molecule has 24 heavy (non-hydrogen) atoms. The van der Waals surface area contributed by atoms with Gasteiger partial charge in [-0.1, -0.05) is 0 Å². The summed E-state index contributed by atoms with van der Waals surface area (Å²) in [5, 5.41) is 4.22. The summed E-state index contributed by atoms with van der Waals surface area (Å²) in [6.45, 7) is -0.647. The van der Waals surface area contributed by atoms with Crippen LogP contribution in [0.5, 0.6) is 11.5 Å². The molecule has 0 bridgehead atoms. The highest BCUT2D eigenvalue weighted by molar-refractivity contribution is 5.94. The molecule has 2 aromatic rings. The van der Waals surface area contributed by atoms with Crippen LogP contribution in [0.3, 0.4) is 0 Å². The van der Waals surface area contributed by atoms with Crippen LogP contribution in [0.25, 0.3) is 0 Å². The minimum atomic E-state index is -2.96. The van der Waals surface area contributed by atoms with Crippen LogP contribution in [0.15, 0.2) is 30.5 Å². The first-order chi connectivity index (χ1) is 11.4. The first kappa shape index (κ1) is 17.7. The molecule has 0 aliphatic rings. The number of hydrogen-bond acceptors (Lipinski definition) is 4. The highest BCUT2D eigenvalue weighted by Gasteiger charge is 2.17. The van der Waals surface area contributed by atoms with E-state index in [0.717, 1.165) is 5.69 Å². The van der Waals surface area contributed by atoms with Crippen LogP contribution in [0.4, 0.5) is 8.78 Å². The number of alkyl halides is 2. The Morgan fingerprint density at radius 3 is 2.67 bits per heavy atom. The Labute approximate surface area is 138 Å². The summed E-state index contributed by atoms with van der Waals surface area (Å²) in [6.07, 6.45) is 1.79. The van der Waals surface area contributed by atoms with Crippen molar-refractivity contribution in [1.82, 2.24) is 14.7 Å². The van der Waals surface area contributed by atoms with Gasteiger partial charge in [-0.25, -0.2) is 0 Å². The summed E-state index contributed by atoms with van der Waals surface area (Å²) in [5.74, 6) is -0.268. The Hall–Kier alpha value is -2.64. The van der Waals surface area contributed by atoms with Gasteiger partial charge in [0.15, 0.2) is 11.5 Å². The molecule has 8 heteroatoms. The van der Waals surface area contributed by atoms with E-state index >= 15 is 0 Å². The number of aromatic nitrogens is 2. The standard InChI is InChI=1S/C16H19F2N3O3/c1-4-23-14-9-11(5-6-13(14)24-16(17)18)15(22)20(2)10-12-7-8-21(3)19-12/h5-9,16H,4,10H2,1-3H3. The molecule has 0 aliphatic carbocycles. The fourth-order valence-corrected chi connectivity index (χ4v) is 2.19. The van der Waals surface area contributed by atoms with Gasteiger partial charge in [0.25, 0.3) is 5.91 Å². The van der Waals surface area contributed by atoms with Crippen molar-refractivity contribution in [2.24, 2.45) is 7.05 Å². The molecule has 0 fully saturated rings. The van der Waals surface area contributed by atoms with E-state index < -0.39 is 6.61 Å². The normalized spacial score (nSPS) is 10.8. The SMILES string of the molecule is CCOc1cc(C(=O)N(C)Cc2ccn(C)n2)ccc1OC(F)F. The highest BCUT2D eigenvalue weighted by Crippen LogP contribution is 2.30.